The lowest BCUT2D eigenvalue weighted by molar-refractivity contribution is 0.0947. The van der Waals surface area contributed by atoms with E-state index in [9.17, 15) is 13.6 Å². The number of amides is 1. The fourth-order valence-electron chi connectivity index (χ4n) is 4.48. The van der Waals surface area contributed by atoms with E-state index >= 15 is 0 Å². The zero-order valence-corrected chi connectivity index (χ0v) is 19.5. The maximum atomic E-state index is 14.1. The van der Waals surface area contributed by atoms with E-state index in [0.29, 0.717) is 24.2 Å². The van der Waals surface area contributed by atoms with E-state index < -0.39 is 11.6 Å². The van der Waals surface area contributed by atoms with Gasteiger partial charge in [-0.2, -0.15) is 0 Å². The van der Waals surface area contributed by atoms with Gasteiger partial charge >= 0.3 is 0 Å². The van der Waals surface area contributed by atoms with Crippen molar-refractivity contribution in [2.75, 3.05) is 20.2 Å². The minimum atomic E-state index is -0.819. The van der Waals surface area contributed by atoms with Crippen LogP contribution in [0.25, 0.3) is 0 Å². The Labute approximate surface area is 198 Å². The molecule has 0 spiro atoms. The van der Waals surface area contributed by atoms with Crippen molar-refractivity contribution in [2.24, 2.45) is 0 Å². The molecule has 1 aliphatic rings. The van der Waals surface area contributed by atoms with Crippen LogP contribution in [0.1, 0.15) is 51.6 Å². The third-order valence-corrected chi connectivity index (χ3v) is 6.34. The van der Waals surface area contributed by atoms with Crippen LogP contribution in [-0.4, -0.2) is 36.0 Å². The van der Waals surface area contributed by atoms with Gasteiger partial charge in [0.2, 0.25) is 0 Å². The number of pyridine rings is 1. The number of piperidine rings is 1. The predicted molar refractivity (Wildman–Crippen MR) is 127 cm³/mol. The number of carbonyl (C=O) groups excluding carboxylic acids is 1. The molecule has 178 valence electrons. The van der Waals surface area contributed by atoms with Crippen LogP contribution < -0.4 is 10.1 Å². The summed E-state index contributed by atoms with van der Waals surface area (Å²) in [6.07, 6.45) is 1.58. The molecule has 5 nitrogen and oxygen atoms in total. The molecule has 4 rings (SSSR count). The number of hydrogen-bond acceptors (Lipinski definition) is 4. The van der Waals surface area contributed by atoms with E-state index in [1.54, 1.807) is 13.2 Å². The molecule has 34 heavy (non-hydrogen) atoms. The van der Waals surface area contributed by atoms with Crippen molar-refractivity contribution < 1.29 is 18.3 Å². The summed E-state index contributed by atoms with van der Waals surface area (Å²) in [7, 11) is 1.61. The number of aromatic nitrogens is 1. The Morgan fingerprint density at radius 2 is 1.79 bits per heavy atom. The van der Waals surface area contributed by atoms with Gasteiger partial charge in [-0.15, -0.1) is 0 Å². The number of nitrogens with zero attached hydrogens (tertiary/aromatic N) is 2. The highest BCUT2D eigenvalue weighted by Crippen LogP contribution is 2.30. The summed E-state index contributed by atoms with van der Waals surface area (Å²) in [4.78, 5) is 19.9. The molecule has 0 aliphatic carbocycles. The molecule has 2 aromatic carbocycles. The quantitative estimate of drug-likeness (QED) is 0.534. The number of rotatable bonds is 7. The fourth-order valence-corrected chi connectivity index (χ4v) is 4.48. The van der Waals surface area contributed by atoms with Crippen molar-refractivity contribution in [1.82, 2.24) is 15.2 Å². The van der Waals surface area contributed by atoms with Crippen LogP contribution in [-0.2, 0) is 13.1 Å². The minimum absolute atomic E-state index is 0.125. The number of benzene rings is 2. The van der Waals surface area contributed by atoms with Crippen LogP contribution in [0.3, 0.4) is 0 Å². The van der Waals surface area contributed by atoms with E-state index in [1.165, 1.54) is 6.07 Å². The maximum Gasteiger partial charge on any atom is 0.253 e. The van der Waals surface area contributed by atoms with Gasteiger partial charge in [0.1, 0.15) is 5.75 Å². The Hall–Kier alpha value is -3.32. The lowest BCUT2D eigenvalue weighted by Gasteiger charge is -2.32. The second-order valence-electron chi connectivity index (χ2n) is 8.64. The summed E-state index contributed by atoms with van der Waals surface area (Å²) < 4.78 is 33.0. The first-order valence-corrected chi connectivity index (χ1v) is 11.5. The zero-order chi connectivity index (χ0) is 24.1. The standard InChI is InChI=1S/C27H29F2N3O2/c1-18-10-11-22(27(33)30-16-20-6-3-4-9-24(20)34-2)26(31-18)19-12-14-32(15-13-19)17-21-7-5-8-23(28)25(21)29/h3-11,19H,12-17H2,1-2H3,(H,30,33). The highest BCUT2D eigenvalue weighted by molar-refractivity contribution is 5.95. The molecule has 1 aromatic heterocycles. The second-order valence-corrected chi connectivity index (χ2v) is 8.64. The third kappa shape index (κ3) is 5.42. The number of likely N-dealkylation sites (tertiary alicyclic amines) is 1. The van der Waals surface area contributed by atoms with Gasteiger partial charge in [0.05, 0.1) is 18.4 Å². The molecule has 3 aromatic rings. The first-order chi connectivity index (χ1) is 16.5. The van der Waals surface area contributed by atoms with Crippen molar-refractivity contribution in [1.29, 1.82) is 0 Å². The van der Waals surface area contributed by atoms with Crippen LogP contribution in [0.15, 0.2) is 54.6 Å². The van der Waals surface area contributed by atoms with Crippen LogP contribution in [0.5, 0.6) is 5.75 Å². The van der Waals surface area contributed by atoms with Gasteiger partial charge < -0.3 is 10.1 Å². The Morgan fingerprint density at radius 3 is 2.56 bits per heavy atom. The third-order valence-electron chi connectivity index (χ3n) is 6.34. The number of carbonyl (C=O) groups is 1. The van der Waals surface area contributed by atoms with Crippen LogP contribution >= 0.6 is 0 Å². The zero-order valence-electron chi connectivity index (χ0n) is 19.5. The van der Waals surface area contributed by atoms with Crippen molar-refractivity contribution in [3.63, 3.8) is 0 Å². The molecule has 1 aliphatic heterocycles. The molecule has 0 atom stereocenters. The molecule has 0 saturated carbocycles. The Kier molecular flexibility index (Phi) is 7.53. The summed E-state index contributed by atoms with van der Waals surface area (Å²) in [6, 6.07) is 15.6. The number of ether oxygens (including phenoxy) is 1. The average molecular weight is 466 g/mol. The number of methoxy groups -OCH3 is 1. The summed E-state index contributed by atoms with van der Waals surface area (Å²) in [5.41, 5.74) is 3.51. The van der Waals surface area contributed by atoms with Crippen molar-refractivity contribution in [3.05, 3.63) is 94.3 Å². The van der Waals surface area contributed by atoms with E-state index in [0.717, 1.165) is 54.7 Å². The van der Waals surface area contributed by atoms with Gasteiger partial charge in [-0.25, -0.2) is 8.78 Å². The molecule has 7 heteroatoms. The fraction of sp³-hybridized carbons (Fsp3) is 0.333. The number of hydrogen-bond donors (Lipinski definition) is 1. The molecule has 0 radical (unpaired) electrons. The summed E-state index contributed by atoms with van der Waals surface area (Å²) in [5.74, 6) is -0.913. The highest BCUT2D eigenvalue weighted by atomic mass is 19.2. The second kappa shape index (κ2) is 10.7. The number of nitrogens with one attached hydrogen (secondary N) is 1. The van der Waals surface area contributed by atoms with Gasteiger partial charge in [0.15, 0.2) is 11.6 Å². The van der Waals surface area contributed by atoms with Gasteiger partial charge in [-0.05, 0) is 57.1 Å². The van der Waals surface area contributed by atoms with Gasteiger partial charge in [-0.3, -0.25) is 14.7 Å². The molecule has 1 amide bonds. The summed E-state index contributed by atoms with van der Waals surface area (Å²) in [5, 5.41) is 3.00. The number of halogens is 2. The Morgan fingerprint density at radius 1 is 1.06 bits per heavy atom. The van der Waals surface area contributed by atoms with Crippen LogP contribution in [0.2, 0.25) is 0 Å². The molecule has 1 saturated heterocycles. The monoisotopic (exact) mass is 465 g/mol. The normalized spacial score (nSPS) is 14.7. The first-order valence-electron chi connectivity index (χ1n) is 11.5. The van der Waals surface area contributed by atoms with Crippen molar-refractivity contribution in [3.8, 4) is 5.75 Å². The van der Waals surface area contributed by atoms with Crippen molar-refractivity contribution in [2.45, 2.75) is 38.8 Å². The maximum absolute atomic E-state index is 14.1. The van der Waals surface area contributed by atoms with E-state index in [-0.39, 0.29) is 11.8 Å². The summed E-state index contributed by atoms with van der Waals surface area (Å²) >= 11 is 0. The molecular weight excluding hydrogens is 436 g/mol. The number of para-hydroxylation sites is 1. The topological polar surface area (TPSA) is 54.5 Å². The molecule has 2 heterocycles. The Balaban J connectivity index is 1.43. The van der Waals surface area contributed by atoms with Crippen molar-refractivity contribution >= 4 is 5.91 Å². The highest BCUT2D eigenvalue weighted by Gasteiger charge is 2.26. The molecule has 1 N–H and O–H groups in total. The lowest BCUT2D eigenvalue weighted by Crippen LogP contribution is -2.34. The van der Waals surface area contributed by atoms with E-state index in [4.69, 9.17) is 9.72 Å². The largest absolute Gasteiger partial charge is 0.496 e. The van der Waals surface area contributed by atoms with Crippen LogP contribution in [0.4, 0.5) is 8.78 Å². The lowest BCUT2D eigenvalue weighted by atomic mass is 9.89. The van der Waals surface area contributed by atoms with Crippen LogP contribution in [0, 0.1) is 18.6 Å². The average Bonchev–Trinajstić information content (AvgIpc) is 2.86. The van der Waals surface area contributed by atoms with E-state index in [2.05, 4.69) is 10.2 Å². The molecule has 1 fully saturated rings. The van der Waals surface area contributed by atoms with Gasteiger partial charge in [-0.1, -0.05) is 30.3 Å². The Bertz CT molecular complexity index is 1160. The van der Waals surface area contributed by atoms with E-state index in [1.807, 2.05) is 43.3 Å². The molecular formula is C27H29F2N3O2. The predicted octanol–water partition coefficient (Wildman–Crippen LogP) is 4.99. The first kappa shape index (κ1) is 23.8. The number of aryl methyl sites for hydroxylation is 1. The molecule has 0 unspecified atom stereocenters. The smallest absolute Gasteiger partial charge is 0.253 e. The molecule has 0 bridgehead atoms. The summed E-state index contributed by atoms with van der Waals surface area (Å²) in [6.45, 7) is 4.08. The van der Waals surface area contributed by atoms with Gasteiger partial charge in [0.25, 0.3) is 5.91 Å². The van der Waals surface area contributed by atoms with Gasteiger partial charge in [0, 0.05) is 35.8 Å². The SMILES string of the molecule is COc1ccccc1CNC(=O)c1ccc(C)nc1C1CCN(Cc2cccc(F)c2F)CC1. The minimum Gasteiger partial charge on any atom is -0.496 e.